The molecular weight excluding hydrogens is 378 g/mol. The predicted octanol–water partition coefficient (Wildman–Crippen LogP) is 5.34. The number of benzene rings is 3. The molecule has 0 aliphatic rings. The van der Waals surface area contributed by atoms with Gasteiger partial charge in [-0.25, -0.2) is 13.6 Å². The first-order chi connectivity index (χ1) is 14.1. The average molecular weight is 392 g/mol. The minimum absolute atomic E-state index is 0.0265. The summed E-state index contributed by atoms with van der Waals surface area (Å²) < 4.78 is 32.9. The van der Waals surface area contributed by atoms with Crippen LogP contribution in [0.15, 0.2) is 73.1 Å². The Kier molecular flexibility index (Phi) is 4.98. The van der Waals surface area contributed by atoms with Gasteiger partial charge in [0.2, 0.25) is 0 Å². The maximum Gasteiger partial charge on any atom is 0.323 e. The summed E-state index contributed by atoms with van der Waals surface area (Å²) in [4.78, 5) is 20.4. The lowest BCUT2D eigenvalue weighted by atomic mass is 10.2. The zero-order chi connectivity index (χ0) is 20.2. The van der Waals surface area contributed by atoms with Crippen molar-refractivity contribution in [2.45, 2.75) is 0 Å². The first-order valence-corrected chi connectivity index (χ1v) is 8.58. The van der Waals surface area contributed by atoms with Crippen molar-refractivity contribution in [2.75, 3.05) is 10.6 Å². The van der Waals surface area contributed by atoms with Crippen molar-refractivity contribution in [3.05, 3.63) is 84.7 Å². The number of urea groups is 1. The number of carbonyl (C=O) groups is 1. The van der Waals surface area contributed by atoms with Gasteiger partial charge in [0.25, 0.3) is 0 Å². The Morgan fingerprint density at radius 1 is 0.793 bits per heavy atom. The number of hydrogen-bond acceptors (Lipinski definition) is 4. The van der Waals surface area contributed by atoms with Crippen molar-refractivity contribution >= 4 is 28.4 Å². The minimum atomic E-state index is -0.669. The van der Waals surface area contributed by atoms with Crippen LogP contribution in [-0.2, 0) is 0 Å². The summed E-state index contributed by atoms with van der Waals surface area (Å²) in [5.74, 6) is -0.351. The maximum atomic E-state index is 14.4. The third kappa shape index (κ3) is 4.44. The van der Waals surface area contributed by atoms with Gasteiger partial charge in [-0.05, 0) is 48.5 Å². The Balaban J connectivity index is 1.44. The molecule has 0 fully saturated rings. The molecule has 0 atom stereocenters. The van der Waals surface area contributed by atoms with Gasteiger partial charge in [-0.2, -0.15) is 0 Å². The van der Waals surface area contributed by atoms with E-state index < -0.39 is 17.7 Å². The summed E-state index contributed by atoms with van der Waals surface area (Å²) >= 11 is 0. The molecule has 0 aliphatic carbocycles. The van der Waals surface area contributed by atoms with Crippen molar-refractivity contribution in [3.63, 3.8) is 0 Å². The van der Waals surface area contributed by atoms with Crippen LogP contribution in [0.4, 0.5) is 25.0 Å². The first-order valence-electron chi connectivity index (χ1n) is 8.58. The van der Waals surface area contributed by atoms with Crippen molar-refractivity contribution in [1.82, 2.24) is 9.97 Å². The second-order valence-corrected chi connectivity index (χ2v) is 6.04. The molecule has 1 aromatic heterocycles. The van der Waals surface area contributed by atoms with Crippen LogP contribution < -0.4 is 15.4 Å². The van der Waals surface area contributed by atoms with E-state index in [2.05, 4.69) is 20.6 Å². The second-order valence-electron chi connectivity index (χ2n) is 6.04. The number of nitrogens with one attached hydrogen (secondary N) is 2. The predicted molar refractivity (Wildman–Crippen MR) is 105 cm³/mol. The van der Waals surface area contributed by atoms with Crippen LogP contribution in [0.25, 0.3) is 11.0 Å². The number of fused-ring (bicyclic) bond motifs is 1. The number of anilines is 2. The molecule has 2 amide bonds. The van der Waals surface area contributed by atoms with Crippen molar-refractivity contribution in [1.29, 1.82) is 0 Å². The van der Waals surface area contributed by atoms with Gasteiger partial charge in [-0.15, -0.1) is 0 Å². The largest absolute Gasteiger partial charge is 0.457 e. The van der Waals surface area contributed by atoms with E-state index in [0.29, 0.717) is 17.0 Å². The topological polar surface area (TPSA) is 76.1 Å². The maximum absolute atomic E-state index is 14.4. The molecule has 29 heavy (non-hydrogen) atoms. The molecule has 0 radical (unpaired) electrons. The highest BCUT2D eigenvalue weighted by molar-refractivity contribution is 5.99. The van der Waals surface area contributed by atoms with Crippen LogP contribution >= 0.6 is 0 Å². The average Bonchev–Trinajstić information content (AvgIpc) is 2.72. The fourth-order valence-corrected chi connectivity index (χ4v) is 2.62. The van der Waals surface area contributed by atoms with Gasteiger partial charge in [0.05, 0.1) is 16.7 Å². The SMILES string of the molecule is O=C(Nc1ccc(F)cc1)Nc1ccc(Oc2ccc3nccnc3c2)cc1F. The van der Waals surface area contributed by atoms with Crippen LogP contribution in [-0.4, -0.2) is 16.0 Å². The van der Waals surface area contributed by atoms with Gasteiger partial charge in [-0.1, -0.05) is 0 Å². The van der Waals surface area contributed by atoms with Crippen LogP contribution in [0, 0.1) is 11.6 Å². The molecular formula is C21H14F2N4O2. The Labute approximate surface area is 164 Å². The summed E-state index contributed by atoms with van der Waals surface area (Å²) in [6.07, 6.45) is 3.17. The van der Waals surface area contributed by atoms with E-state index in [1.165, 1.54) is 36.4 Å². The van der Waals surface area contributed by atoms with Crippen LogP contribution in [0.3, 0.4) is 0 Å². The monoisotopic (exact) mass is 392 g/mol. The number of rotatable bonds is 4. The standard InChI is InChI=1S/C21H14F2N4O2/c22-13-1-3-14(4-2-13)26-21(28)27-18-7-5-15(11-17(18)23)29-16-6-8-19-20(12-16)25-10-9-24-19/h1-12H,(H2,26,27,28). The van der Waals surface area contributed by atoms with E-state index in [0.717, 1.165) is 11.6 Å². The molecule has 0 saturated carbocycles. The quantitative estimate of drug-likeness (QED) is 0.491. The van der Waals surface area contributed by atoms with Crippen LogP contribution in [0.1, 0.15) is 0 Å². The number of nitrogens with zero attached hydrogens (tertiary/aromatic N) is 2. The molecule has 6 nitrogen and oxygen atoms in total. The van der Waals surface area contributed by atoms with E-state index >= 15 is 0 Å². The Hall–Kier alpha value is -4.07. The highest BCUT2D eigenvalue weighted by Gasteiger charge is 2.10. The van der Waals surface area contributed by atoms with Crippen molar-refractivity contribution < 1.29 is 18.3 Å². The minimum Gasteiger partial charge on any atom is -0.457 e. The molecule has 0 aliphatic heterocycles. The van der Waals surface area contributed by atoms with E-state index in [9.17, 15) is 13.6 Å². The number of hydrogen-bond donors (Lipinski definition) is 2. The number of ether oxygens (including phenoxy) is 1. The fraction of sp³-hybridized carbons (Fsp3) is 0. The highest BCUT2D eigenvalue weighted by Crippen LogP contribution is 2.27. The third-order valence-corrected chi connectivity index (χ3v) is 3.97. The Morgan fingerprint density at radius 3 is 2.24 bits per heavy atom. The Morgan fingerprint density at radius 2 is 1.48 bits per heavy atom. The molecule has 144 valence electrons. The van der Waals surface area contributed by atoms with Gasteiger partial charge in [-0.3, -0.25) is 9.97 Å². The first kappa shape index (κ1) is 18.3. The summed E-state index contributed by atoms with van der Waals surface area (Å²) in [5, 5.41) is 4.88. The van der Waals surface area contributed by atoms with Crippen LogP contribution in [0.2, 0.25) is 0 Å². The molecule has 1 heterocycles. The zero-order valence-electron chi connectivity index (χ0n) is 14.9. The molecule has 2 N–H and O–H groups in total. The second kappa shape index (κ2) is 7.89. The lowest BCUT2D eigenvalue weighted by Crippen LogP contribution is -2.20. The molecule has 0 saturated heterocycles. The van der Waals surface area contributed by atoms with E-state index in [1.807, 2.05) is 0 Å². The molecule has 4 aromatic rings. The number of amides is 2. The molecule has 0 spiro atoms. The molecule has 4 rings (SSSR count). The highest BCUT2D eigenvalue weighted by atomic mass is 19.1. The van der Waals surface area contributed by atoms with Crippen molar-refractivity contribution in [2.24, 2.45) is 0 Å². The van der Waals surface area contributed by atoms with Gasteiger partial charge in [0.1, 0.15) is 23.1 Å². The fourth-order valence-electron chi connectivity index (χ4n) is 2.62. The Bertz CT molecular complexity index is 1180. The third-order valence-electron chi connectivity index (χ3n) is 3.97. The molecule has 0 bridgehead atoms. The van der Waals surface area contributed by atoms with Gasteiger partial charge in [0, 0.05) is 30.2 Å². The molecule has 0 unspecified atom stereocenters. The lowest BCUT2D eigenvalue weighted by Gasteiger charge is -2.11. The molecule has 8 heteroatoms. The summed E-state index contributed by atoms with van der Waals surface area (Å²) in [7, 11) is 0. The van der Waals surface area contributed by atoms with Crippen molar-refractivity contribution in [3.8, 4) is 11.5 Å². The zero-order valence-corrected chi connectivity index (χ0v) is 14.9. The van der Waals surface area contributed by atoms with E-state index in [1.54, 1.807) is 30.6 Å². The number of carbonyl (C=O) groups excluding carboxylic acids is 1. The van der Waals surface area contributed by atoms with Crippen LogP contribution in [0.5, 0.6) is 11.5 Å². The van der Waals surface area contributed by atoms with Gasteiger partial charge >= 0.3 is 6.03 Å². The summed E-state index contributed by atoms with van der Waals surface area (Å²) in [6.45, 7) is 0. The van der Waals surface area contributed by atoms with E-state index in [4.69, 9.17) is 4.74 Å². The summed E-state index contributed by atoms with van der Waals surface area (Å²) in [6, 6.07) is 13.8. The normalized spacial score (nSPS) is 10.6. The van der Waals surface area contributed by atoms with Gasteiger partial charge < -0.3 is 15.4 Å². The summed E-state index contributed by atoms with van der Waals surface area (Å²) in [5.41, 5.74) is 1.73. The van der Waals surface area contributed by atoms with E-state index in [-0.39, 0.29) is 11.4 Å². The van der Waals surface area contributed by atoms with Gasteiger partial charge in [0.15, 0.2) is 0 Å². The molecule has 3 aromatic carbocycles. The number of halogens is 2. The smallest absolute Gasteiger partial charge is 0.323 e. The number of aromatic nitrogens is 2. The lowest BCUT2D eigenvalue weighted by molar-refractivity contribution is 0.262.